The predicted octanol–water partition coefficient (Wildman–Crippen LogP) is 2.95. The number of hydrogen-bond donors (Lipinski definition) is 1. The summed E-state index contributed by atoms with van der Waals surface area (Å²) in [6, 6.07) is 8.99. The molecule has 102 valence electrons. The maximum absolute atomic E-state index is 4.16. The fourth-order valence-electron chi connectivity index (χ4n) is 1.83. The van der Waals surface area contributed by atoms with E-state index in [0.29, 0.717) is 6.04 Å². The second-order valence-corrected chi connectivity index (χ2v) is 5.58. The van der Waals surface area contributed by atoms with Crippen molar-refractivity contribution in [2.45, 2.75) is 36.9 Å². The molecule has 1 N–H and O–H groups in total. The van der Waals surface area contributed by atoms with Gasteiger partial charge in [-0.2, -0.15) is 0 Å². The van der Waals surface area contributed by atoms with Crippen LogP contribution >= 0.6 is 11.8 Å². The normalized spacial score (nSPS) is 12.6. The van der Waals surface area contributed by atoms with Gasteiger partial charge in [0.2, 0.25) is 0 Å². The van der Waals surface area contributed by atoms with Crippen molar-refractivity contribution in [2.24, 2.45) is 7.05 Å². The number of aryl methyl sites for hydroxylation is 1. The molecule has 0 aliphatic carbocycles. The summed E-state index contributed by atoms with van der Waals surface area (Å²) in [6.07, 6.45) is 0. The molecule has 1 atom stereocenters. The number of rotatable bonds is 5. The van der Waals surface area contributed by atoms with Crippen molar-refractivity contribution in [2.75, 3.05) is 6.54 Å². The molecular formula is C14H20N4S. The summed E-state index contributed by atoms with van der Waals surface area (Å²) in [4.78, 5) is 1.18. The van der Waals surface area contributed by atoms with E-state index >= 15 is 0 Å². The molecule has 0 amide bonds. The highest BCUT2D eigenvalue weighted by atomic mass is 32.2. The molecular weight excluding hydrogens is 256 g/mol. The van der Waals surface area contributed by atoms with Gasteiger partial charge in [-0.3, -0.25) is 0 Å². The second-order valence-electron chi connectivity index (χ2n) is 4.54. The van der Waals surface area contributed by atoms with Crippen molar-refractivity contribution in [3.8, 4) is 0 Å². The molecule has 1 heterocycles. The fourth-order valence-corrected chi connectivity index (χ4v) is 2.66. The lowest BCUT2D eigenvalue weighted by Crippen LogP contribution is -2.17. The summed E-state index contributed by atoms with van der Waals surface area (Å²) < 4.78 is 2.00. The number of aromatic nitrogens is 3. The molecule has 1 aromatic heterocycles. The molecule has 1 aromatic carbocycles. The van der Waals surface area contributed by atoms with Crippen LogP contribution in [0.2, 0.25) is 0 Å². The minimum Gasteiger partial charge on any atom is -0.310 e. The molecule has 0 aliphatic heterocycles. The van der Waals surface area contributed by atoms with Crippen molar-refractivity contribution < 1.29 is 0 Å². The molecule has 4 nitrogen and oxygen atoms in total. The first-order chi connectivity index (χ1) is 9.11. The molecule has 0 bridgehead atoms. The van der Waals surface area contributed by atoms with Crippen molar-refractivity contribution in [1.29, 1.82) is 0 Å². The predicted molar refractivity (Wildman–Crippen MR) is 78.4 cm³/mol. The zero-order valence-electron chi connectivity index (χ0n) is 11.8. The quantitative estimate of drug-likeness (QED) is 0.912. The van der Waals surface area contributed by atoms with E-state index in [1.807, 2.05) is 18.5 Å². The van der Waals surface area contributed by atoms with Crippen LogP contribution in [0.15, 0.2) is 34.3 Å². The molecule has 1 unspecified atom stereocenters. The van der Waals surface area contributed by atoms with Crippen LogP contribution < -0.4 is 5.32 Å². The highest BCUT2D eigenvalue weighted by molar-refractivity contribution is 7.99. The standard InChI is InChI=1S/C14H20N4S/c1-5-15-10(2)12-6-8-13(9-7-12)19-14-17-16-11(3)18(14)4/h6-10,15H,5H2,1-4H3. The van der Waals surface area contributed by atoms with Crippen molar-refractivity contribution in [3.63, 3.8) is 0 Å². The van der Waals surface area contributed by atoms with Crippen LogP contribution in [0.5, 0.6) is 0 Å². The Morgan fingerprint density at radius 2 is 1.95 bits per heavy atom. The van der Waals surface area contributed by atoms with Crippen LogP contribution in [-0.4, -0.2) is 21.3 Å². The molecule has 19 heavy (non-hydrogen) atoms. The lowest BCUT2D eigenvalue weighted by molar-refractivity contribution is 0.598. The average Bonchev–Trinajstić information content (AvgIpc) is 2.72. The van der Waals surface area contributed by atoms with Gasteiger partial charge in [0.15, 0.2) is 5.16 Å². The highest BCUT2D eigenvalue weighted by Crippen LogP contribution is 2.27. The van der Waals surface area contributed by atoms with Crippen LogP contribution in [0.4, 0.5) is 0 Å². The van der Waals surface area contributed by atoms with E-state index in [-0.39, 0.29) is 0 Å². The van der Waals surface area contributed by atoms with Gasteiger partial charge in [-0.25, -0.2) is 0 Å². The number of nitrogens with one attached hydrogen (secondary N) is 1. The summed E-state index contributed by atoms with van der Waals surface area (Å²) in [6.45, 7) is 7.24. The molecule has 5 heteroatoms. The SMILES string of the molecule is CCNC(C)c1ccc(Sc2nnc(C)n2C)cc1. The molecule has 0 saturated heterocycles. The van der Waals surface area contributed by atoms with E-state index in [9.17, 15) is 0 Å². The Balaban J connectivity index is 2.08. The van der Waals surface area contributed by atoms with E-state index in [0.717, 1.165) is 17.5 Å². The van der Waals surface area contributed by atoms with E-state index in [2.05, 4.69) is 53.6 Å². The van der Waals surface area contributed by atoms with E-state index in [1.165, 1.54) is 10.5 Å². The van der Waals surface area contributed by atoms with Crippen LogP contribution in [0.25, 0.3) is 0 Å². The van der Waals surface area contributed by atoms with Crippen molar-refractivity contribution in [3.05, 3.63) is 35.7 Å². The molecule has 0 radical (unpaired) electrons. The molecule has 0 saturated carbocycles. The van der Waals surface area contributed by atoms with Gasteiger partial charge in [-0.15, -0.1) is 10.2 Å². The largest absolute Gasteiger partial charge is 0.310 e. The zero-order chi connectivity index (χ0) is 13.8. The Hall–Kier alpha value is -1.33. The third kappa shape index (κ3) is 3.36. The second kappa shape index (κ2) is 6.21. The van der Waals surface area contributed by atoms with Gasteiger partial charge in [0, 0.05) is 18.0 Å². The van der Waals surface area contributed by atoms with Gasteiger partial charge in [-0.05, 0) is 49.9 Å². The Morgan fingerprint density at radius 3 is 2.47 bits per heavy atom. The Morgan fingerprint density at radius 1 is 1.26 bits per heavy atom. The van der Waals surface area contributed by atoms with E-state index in [4.69, 9.17) is 0 Å². The molecule has 0 spiro atoms. The van der Waals surface area contributed by atoms with Gasteiger partial charge >= 0.3 is 0 Å². The zero-order valence-corrected chi connectivity index (χ0v) is 12.7. The van der Waals surface area contributed by atoms with Gasteiger partial charge in [0.05, 0.1) is 0 Å². The van der Waals surface area contributed by atoms with Crippen molar-refractivity contribution in [1.82, 2.24) is 20.1 Å². The summed E-state index contributed by atoms with van der Waals surface area (Å²) in [5.74, 6) is 0.930. The Bertz CT molecular complexity index is 533. The summed E-state index contributed by atoms with van der Waals surface area (Å²) in [7, 11) is 1.99. The monoisotopic (exact) mass is 276 g/mol. The number of nitrogens with zero attached hydrogens (tertiary/aromatic N) is 3. The van der Waals surface area contributed by atoms with E-state index in [1.54, 1.807) is 11.8 Å². The first-order valence-corrected chi connectivity index (χ1v) is 7.30. The lowest BCUT2D eigenvalue weighted by Gasteiger charge is -2.12. The third-order valence-corrected chi connectivity index (χ3v) is 4.20. The first-order valence-electron chi connectivity index (χ1n) is 6.49. The minimum atomic E-state index is 0.390. The molecule has 2 aromatic rings. The molecule has 0 aliphatic rings. The topological polar surface area (TPSA) is 42.7 Å². The fraction of sp³-hybridized carbons (Fsp3) is 0.429. The first kappa shape index (κ1) is 14.1. The molecule has 0 fully saturated rings. The Kier molecular flexibility index (Phi) is 4.61. The van der Waals surface area contributed by atoms with Crippen molar-refractivity contribution >= 4 is 11.8 Å². The van der Waals surface area contributed by atoms with Crippen LogP contribution in [0.3, 0.4) is 0 Å². The highest BCUT2D eigenvalue weighted by Gasteiger charge is 2.08. The summed E-state index contributed by atoms with van der Waals surface area (Å²) in [5, 5.41) is 12.6. The van der Waals surface area contributed by atoms with Gasteiger partial charge in [0.25, 0.3) is 0 Å². The summed E-state index contributed by atoms with van der Waals surface area (Å²) >= 11 is 1.64. The Labute approximate surface area is 118 Å². The average molecular weight is 276 g/mol. The van der Waals surface area contributed by atoms with Gasteiger partial charge in [0.1, 0.15) is 5.82 Å². The summed E-state index contributed by atoms with van der Waals surface area (Å²) in [5.41, 5.74) is 1.31. The number of benzene rings is 1. The molecule has 2 rings (SSSR count). The maximum atomic E-state index is 4.16. The van der Waals surface area contributed by atoms with Crippen LogP contribution in [-0.2, 0) is 7.05 Å². The lowest BCUT2D eigenvalue weighted by atomic mass is 10.1. The maximum Gasteiger partial charge on any atom is 0.195 e. The van der Waals surface area contributed by atoms with Crippen LogP contribution in [0.1, 0.15) is 31.3 Å². The number of hydrogen-bond acceptors (Lipinski definition) is 4. The minimum absolute atomic E-state index is 0.390. The van der Waals surface area contributed by atoms with Gasteiger partial charge < -0.3 is 9.88 Å². The van der Waals surface area contributed by atoms with E-state index < -0.39 is 0 Å². The van der Waals surface area contributed by atoms with Crippen LogP contribution in [0, 0.1) is 6.92 Å². The van der Waals surface area contributed by atoms with Gasteiger partial charge in [-0.1, -0.05) is 19.1 Å². The smallest absolute Gasteiger partial charge is 0.195 e. The third-order valence-electron chi connectivity index (χ3n) is 3.15.